The Morgan fingerprint density at radius 1 is 1.31 bits per heavy atom. The largest absolute Gasteiger partial charge is 0.465 e. The van der Waals surface area contributed by atoms with Crippen molar-refractivity contribution in [1.82, 2.24) is 0 Å². The van der Waals surface area contributed by atoms with Crippen molar-refractivity contribution < 1.29 is 9.53 Å². The molecule has 0 aliphatic heterocycles. The van der Waals surface area contributed by atoms with Gasteiger partial charge >= 0.3 is 5.97 Å². The van der Waals surface area contributed by atoms with Gasteiger partial charge in [-0.3, -0.25) is 0 Å². The second-order valence-electron chi connectivity index (χ2n) is 3.66. The fourth-order valence-electron chi connectivity index (χ4n) is 1.39. The van der Waals surface area contributed by atoms with E-state index in [0.717, 1.165) is 12.0 Å². The van der Waals surface area contributed by atoms with Crippen molar-refractivity contribution in [2.24, 2.45) is 0 Å². The molecule has 1 aromatic rings. The lowest BCUT2D eigenvalue weighted by Gasteiger charge is -1.99. The summed E-state index contributed by atoms with van der Waals surface area (Å²) in [6.45, 7) is 2.18. The number of carbonyl (C=O) groups is 1. The molecule has 1 rings (SSSR count). The maximum absolute atomic E-state index is 11.2. The maximum Gasteiger partial charge on any atom is 0.337 e. The monoisotopic (exact) mass is 218 g/mol. The third-order valence-electron chi connectivity index (χ3n) is 2.37. The minimum Gasteiger partial charge on any atom is -0.465 e. The first-order chi connectivity index (χ1) is 7.77. The Labute approximate surface area is 96.9 Å². The van der Waals surface area contributed by atoms with Crippen LogP contribution in [0.3, 0.4) is 0 Å². The lowest BCUT2D eigenvalue weighted by atomic mass is 10.1. The Hall–Kier alpha value is -1.57. The molecule has 0 spiro atoms. The van der Waals surface area contributed by atoms with E-state index in [-0.39, 0.29) is 5.97 Å². The molecule has 0 radical (unpaired) electrons. The maximum atomic E-state index is 11.2. The first-order valence-corrected chi connectivity index (χ1v) is 5.63. The normalized spacial score (nSPS) is 10.6. The van der Waals surface area contributed by atoms with E-state index in [0.29, 0.717) is 5.56 Å². The molecule has 86 valence electrons. The Morgan fingerprint density at radius 2 is 2.00 bits per heavy atom. The van der Waals surface area contributed by atoms with Gasteiger partial charge in [-0.05, 0) is 24.1 Å². The Bertz CT molecular complexity index is 350. The van der Waals surface area contributed by atoms with Gasteiger partial charge in [-0.1, -0.05) is 44.1 Å². The number of ether oxygens (including phenoxy) is 1. The van der Waals surface area contributed by atoms with E-state index in [4.69, 9.17) is 0 Å². The SMILES string of the molecule is CCCC/C=C/c1ccc(C(=O)OC)cc1. The number of carbonyl (C=O) groups excluding carboxylic acids is 1. The van der Waals surface area contributed by atoms with Gasteiger partial charge in [0.15, 0.2) is 0 Å². The van der Waals surface area contributed by atoms with Crippen LogP contribution >= 0.6 is 0 Å². The minimum atomic E-state index is -0.290. The summed E-state index contributed by atoms with van der Waals surface area (Å²) in [6.07, 6.45) is 7.78. The predicted molar refractivity (Wildman–Crippen MR) is 66.3 cm³/mol. The van der Waals surface area contributed by atoms with Gasteiger partial charge in [-0.25, -0.2) is 4.79 Å². The molecule has 16 heavy (non-hydrogen) atoms. The van der Waals surface area contributed by atoms with E-state index in [1.165, 1.54) is 20.0 Å². The van der Waals surface area contributed by atoms with E-state index >= 15 is 0 Å². The molecule has 0 aromatic heterocycles. The van der Waals surface area contributed by atoms with Crippen LogP contribution in [0.2, 0.25) is 0 Å². The molecule has 0 fully saturated rings. The Morgan fingerprint density at radius 3 is 2.56 bits per heavy atom. The summed E-state index contributed by atoms with van der Waals surface area (Å²) in [6, 6.07) is 7.42. The van der Waals surface area contributed by atoms with Crippen LogP contribution in [-0.2, 0) is 4.74 Å². The number of hydrogen-bond acceptors (Lipinski definition) is 2. The summed E-state index contributed by atoms with van der Waals surface area (Å²) in [7, 11) is 1.39. The molecule has 0 saturated carbocycles. The highest BCUT2D eigenvalue weighted by Crippen LogP contribution is 2.08. The van der Waals surface area contributed by atoms with Crippen LogP contribution in [0.1, 0.15) is 42.1 Å². The zero-order valence-electron chi connectivity index (χ0n) is 9.90. The molecule has 1 aromatic carbocycles. The molecule has 0 bridgehead atoms. The average molecular weight is 218 g/mol. The van der Waals surface area contributed by atoms with Crippen molar-refractivity contribution in [2.75, 3.05) is 7.11 Å². The third kappa shape index (κ3) is 3.89. The zero-order valence-corrected chi connectivity index (χ0v) is 9.90. The molecule has 0 amide bonds. The van der Waals surface area contributed by atoms with Gasteiger partial charge in [0.2, 0.25) is 0 Å². The number of allylic oxidation sites excluding steroid dienone is 1. The summed E-state index contributed by atoms with van der Waals surface area (Å²) in [5.74, 6) is -0.290. The van der Waals surface area contributed by atoms with Crippen LogP contribution < -0.4 is 0 Å². The lowest BCUT2D eigenvalue weighted by Crippen LogP contribution is -2.00. The Kier molecular flexibility index (Phi) is 5.34. The fourth-order valence-corrected chi connectivity index (χ4v) is 1.39. The van der Waals surface area contributed by atoms with E-state index in [9.17, 15) is 4.79 Å². The zero-order chi connectivity index (χ0) is 11.8. The van der Waals surface area contributed by atoms with Crippen molar-refractivity contribution in [1.29, 1.82) is 0 Å². The molecular formula is C14H18O2. The lowest BCUT2D eigenvalue weighted by molar-refractivity contribution is 0.0601. The molecule has 0 saturated heterocycles. The third-order valence-corrected chi connectivity index (χ3v) is 2.37. The topological polar surface area (TPSA) is 26.3 Å². The number of esters is 1. The molecule has 0 aliphatic carbocycles. The number of benzene rings is 1. The van der Waals surface area contributed by atoms with Gasteiger partial charge in [0.1, 0.15) is 0 Å². The molecule has 0 aliphatic rings. The second kappa shape index (κ2) is 6.83. The molecule has 2 nitrogen and oxygen atoms in total. The number of hydrogen-bond donors (Lipinski definition) is 0. The highest BCUT2D eigenvalue weighted by atomic mass is 16.5. The summed E-state index contributed by atoms with van der Waals surface area (Å²) < 4.78 is 4.63. The van der Waals surface area contributed by atoms with Crippen molar-refractivity contribution in [3.05, 3.63) is 41.5 Å². The highest BCUT2D eigenvalue weighted by molar-refractivity contribution is 5.89. The minimum absolute atomic E-state index is 0.290. The number of rotatable bonds is 5. The molecule has 0 atom stereocenters. The van der Waals surface area contributed by atoms with Gasteiger partial charge in [0.25, 0.3) is 0 Å². The van der Waals surface area contributed by atoms with E-state index in [2.05, 4.69) is 23.8 Å². The van der Waals surface area contributed by atoms with Gasteiger partial charge in [-0.15, -0.1) is 0 Å². The smallest absolute Gasteiger partial charge is 0.337 e. The van der Waals surface area contributed by atoms with Crippen LogP contribution in [0, 0.1) is 0 Å². The van der Waals surface area contributed by atoms with Crippen LogP contribution in [-0.4, -0.2) is 13.1 Å². The summed E-state index contributed by atoms with van der Waals surface area (Å²) in [5.41, 5.74) is 1.71. The summed E-state index contributed by atoms with van der Waals surface area (Å²) in [5, 5.41) is 0. The molecule has 0 N–H and O–H groups in total. The van der Waals surface area contributed by atoms with Crippen molar-refractivity contribution in [3.63, 3.8) is 0 Å². The van der Waals surface area contributed by atoms with Crippen LogP contribution in [0.5, 0.6) is 0 Å². The van der Waals surface area contributed by atoms with Crippen LogP contribution in [0.25, 0.3) is 6.08 Å². The first kappa shape index (κ1) is 12.5. The number of methoxy groups -OCH3 is 1. The first-order valence-electron chi connectivity index (χ1n) is 5.63. The van der Waals surface area contributed by atoms with Crippen molar-refractivity contribution in [3.8, 4) is 0 Å². The quantitative estimate of drug-likeness (QED) is 0.556. The highest BCUT2D eigenvalue weighted by Gasteiger charge is 2.02. The van der Waals surface area contributed by atoms with E-state index in [1.807, 2.05) is 12.1 Å². The predicted octanol–water partition coefficient (Wildman–Crippen LogP) is 3.68. The van der Waals surface area contributed by atoms with Gasteiger partial charge < -0.3 is 4.74 Å². The van der Waals surface area contributed by atoms with E-state index in [1.54, 1.807) is 12.1 Å². The van der Waals surface area contributed by atoms with E-state index < -0.39 is 0 Å². The van der Waals surface area contributed by atoms with Crippen LogP contribution in [0.15, 0.2) is 30.3 Å². The van der Waals surface area contributed by atoms with Gasteiger partial charge in [-0.2, -0.15) is 0 Å². The van der Waals surface area contributed by atoms with Crippen LogP contribution in [0.4, 0.5) is 0 Å². The summed E-state index contributed by atoms with van der Waals surface area (Å²) >= 11 is 0. The molecule has 2 heteroatoms. The Balaban J connectivity index is 2.57. The fraction of sp³-hybridized carbons (Fsp3) is 0.357. The van der Waals surface area contributed by atoms with Gasteiger partial charge in [0.05, 0.1) is 12.7 Å². The molecular weight excluding hydrogens is 200 g/mol. The molecule has 0 unspecified atom stereocenters. The number of unbranched alkanes of at least 4 members (excludes halogenated alkanes) is 2. The van der Waals surface area contributed by atoms with Gasteiger partial charge in [0, 0.05) is 0 Å². The van der Waals surface area contributed by atoms with Crippen molar-refractivity contribution in [2.45, 2.75) is 26.2 Å². The molecule has 0 heterocycles. The summed E-state index contributed by atoms with van der Waals surface area (Å²) in [4.78, 5) is 11.2. The average Bonchev–Trinajstić information content (AvgIpc) is 2.34. The van der Waals surface area contributed by atoms with Crippen molar-refractivity contribution >= 4 is 12.0 Å². The second-order valence-corrected chi connectivity index (χ2v) is 3.66. The standard InChI is InChI=1S/C14H18O2/c1-3-4-5-6-7-12-8-10-13(11-9-12)14(15)16-2/h6-11H,3-5H2,1-2H3/b7-6+.